The molecule has 0 aliphatic heterocycles. The normalized spacial score (nSPS) is 11.1. The van der Waals surface area contributed by atoms with Gasteiger partial charge in [0.1, 0.15) is 5.69 Å². The Morgan fingerprint density at radius 3 is 2.85 bits per heavy atom. The van der Waals surface area contributed by atoms with Crippen molar-refractivity contribution in [1.29, 1.82) is 0 Å². The average Bonchev–Trinajstić information content (AvgIpc) is 3.06. The minimum absolute atomic E-state index is 0.196. The molecule has 7 heteroatoms. The van der Waals surface area contributed by atoms with Crippen LogP contribution in [-0.4, -0.2) is 20.7 Å². The molecule has 0 spiro atoms. The van der Waals surface area contributed by atoms with Crippen molar-refractivity contribution in [3.63, 3.8) is 0 Å². The van der Waals surface area contributed by atoms with Gasteiger partial charge >= 0.3 is 0 Å². The van der Waals surface area contributed by atoms with Gasteiger partial charge in [-0.2, -0.15) is 5.10 Å². The van der Waals surface area contributed by atoms with Gasteiger partial charge in [-0.15, -0.1) is 0 Å². The summed E-state index contributed by atoms with van der Waals surface area (Å²) in [5, 5.41) is 9.59. The molecule has 1 N–H and O–H groups in total. The van der Waals surface area contributed by atoms with Crippen LogP contribution in [0.2, 0.25) is 0 Å². The van der Waals surface area contributed by atoms with Crippen molar-refractivity contribution in [1.82, 2.24) is 14.8 Å². The number of benzene rings is 2. The number of aromatic nitrogens is 3. The molecule has 0 atom stereocenters. The van der Waals surface area contributed by atoms with Gasteiger partial charge in [0.15, 0.2) is 5.13 Å². The van der Waals surface area contributed by atoms with Crippen molar-refractivity contribution < 1.29 is 4.79 Å². The van der Waals surface area contributed by atoms with E-state index in [4.69, 9.17) is 0 Å². The number of anilines is 1. The first-order valence-corrected chi connectivity index (χ1v) is 9.15. The number of amides is 1. The van der Waals surface area contributed by atoms with Crippen molar-refractivity contribution in [2.24, 2.45) is 0 Å². The Kier molecular flexibility index (Phi) is 4.22. The summed E-state index contributed by atoms with van der Waals surface area (Å²) in [6, 6.07) is 14.9. The lowest BCUT2D eigenvalue weighted by Gasteiger charge is -2.05. The Labute approximate surface area is 153 Å². The summed E-state index contributed by atoms with van der Waals surface area (Å²) in [6.07, 6.45) is 0.767. The van der Waals surface area contributed by atoms with Crippen LogP contribution in [0, 0.1) is 0 Å². The Hall–Kier alpha value is -3.06. The second kappa shape index (κ2) is 6.68. The van der Waals surface area contributed by atoms with Crippen LogP contribution in [0.5, 0.6) is 0 Å². The number of aryl methyl sites for hydroxylation is 1. The van der Waals surface area contributed by atoms with Crippen molar-refractivity contribution >= 4 is 43.4 Å². The number of carbonyl (C=O) groups excluding carboxylic acids is 1. The summed E-state index contributed by atoms with van der Waals surface area (Å²) in [5.74, 6) is -0.377. The summed E-state index contributed by atoms with van der Waals surface area (Å²) >= 11 is 1.41. The predicted octanol–water partition coefficient (Wildman–Crippen LogP) is 3.67. The smallest absolute Gasteiger partial charge is 0.277 e. The zero-order valence-corrected chi connectivity index (χ0v) is 14.9. The third-order valence-electron chi connectivity index (χ3n) is 4.04. The van der Waals surface area contributed by atoms with E-state index in [1.165, 1.54) is 28.2 Å². The first kappa shape index (κ1) is 16.4. The van der Waals surface area contributed by atoms with Crippen LogP contribution < -0.4 is 10.9 Å². The lowest BCUT2D eigenvalue weighted by molar-refractivity contribution is 0.102. The van der Waals surface area contributed by atoms with Crippen LogP contribution in [0.25, 0.3) is 21.0 Å². The van der Waals surface area contributed by atoms with Crippen LogP contribution in [0.15, 0.2) is 53.3 Å². The molecule has 2 aromatic carbocycles. The molecule has 0 aliphatic rings. The van der Waals surface area contributed by atoms with Gasteiger partial charge in [0.2, 0.25) is 0 Å². The van der Waals surface area contributed by atoms with Crippen molar-refractivity contribution in [3.05, 3.63) is 64.6 Å². The second-order valence-electron chi connectivity index (χ2n) is 5.89. The summed E-state index contributed by atoms with van der Waals surface area (Å²) < 4.78 is 2.31. The zero-order chi connectivity index (χ0) is 18.1. The van der Waals surface area contributed by atoms with E-state index < -0.39 is 0 Å². The number of nitrogens with zero attached hydrogens (tertiary/aromatic N) is 3. The highest BCUT2D eigenvalue weighted by atomic mass is 32.1. The van der Waals surface area contributed by atoms with Gasteiger partial charge in [-0.3, -0.25) is 14.9 Å². The maximum atomic E-state index is 12.5. The lowest BCUT2D eigenvalue weighted by Crippen LogP contribution is -2.26. The maximum Gasteiger partial charge on any atom is 0.277 e. The van der Waals surface area contributed by atoms with Gasteiger partial charge in [-0.1, -0.05) is 48.6 Å². The fraction of sp³-hybridized carbons (Fsp3) is 0.158. The Balaban J connectivity index is 1.67. The number of carbonyl (C=O) groups is 1. The molecule has 0 unspecified atom stereocenters. The summed E-state index contributed by atoms with van der Waals surface area (Å²) in [7, 11) is 0. The Bertz CT molecular complexity index is 1180. The van der Waals surface area contributed by atoms with E-state index in [0.717, 1.165) is 27.4 Å². The van der Waals surface area contributed by atoms with E-state index in [-0.39, 0.29) is 17.2 Å². The molecule has 2 aromatic heterocycles. The minimum Gasteiger partial charge on any atom is -0.296 e. The summed E-state index contributed by atoms with van der Waals surface area (Å²) in [4.78, 5) is 28.8. The van der Waals surface area contributed by atoms with E-state index in [0.29, 0.717) is 11.7 Å². The zero-order valence-electron chi connectivity index (χ0n) is 14.1. The lowest BCUT2D eigenvalue weighted by atomic mass is 10.1. The van der Waals surface area contributed by atoms with Crippen LogP contribution >= 0.6 is 11.3 Å². The molecule has 6 nitrogen and oxygen atoms in total. The highest BCUT2D eigenvalue weighted by molar-refractivity contribution is 7.22. The van der Waals surface area contributed by atoms with Crippen LogP contribution in [0.1, 0.15) is 23.8 Å². The summed E-state index contributed by atoms with van der Waals surface area (Å²) in [6.45, 7) is 2.43. The first-order valence-electron chi connectivity index (χ1n) is 8.33. The number of hydrogen-bond acceptors (Lipinski definition) is 5. The highest BCUT2D eigenvalue weighted by Gasteiger charge is 2.13. The third kappa shape index (κ3) is 2.97. The molecule has 4 rings (SSSR count). The van der Waals surface area contributed by atoms with E-state index >= 15 is 0 Å². The molecule has 0 fully saturated rings. The maximum absolute atomic E-state index is 12.5. The first-order chi connectivity index (χ1) is 12.7. The molecular formula is C19H16N4O2S. The molecular weight excluding hydrogens is 348 g/mol. The number of fused-ring (bicyclic) bond motifs is 3. The topological polar surface area (TPSA) is 76.9 Å². The highest BCUT2D eigenvalue weighted by Crippen LogP contribution is 2.31. The molecule has 0 saturated carbocycles. The van der Waals surface area contributed by atoms with Crippen molar-refractivity contribution in [2.75, 3.05) is 5.32 Å². The molecule has 0 saturated heterocycles. The largest absolute Gasteiger partial charge is 0.296 e. The molecule has 0 bridgehead atoms. The Morgan fingerprint density at radius 2 is 2.00 bits per heavy atom. The fourth-order valence-electron chi connectivity index (χ4n) is 2.82. The standard InChI is InChI=1S/C19H16N4O2S/c1-2-11-23-16(24)10-8-14(22-23)18(25)21-19-20-17-13-6-4-3-5-12(13)7-9-15(17)26-19/h3-10H,2,11H2,1H3,(H,20,21,25). The SMILES string of the molecule is CCCn1nc(C(=O)Nc2nc3c(ccc4ccccc43)s2)ccc1=O. The average molecular weight is 364 g/mol. The number of rotatable bonds is 4. The van der Waals surface area contributed by atoms with Gasteiger partial charge in [0, 0.05) is 18.0 Å². The Morgan fingerprint density at radius 1 is 1.15 bits per heavy atom. The molecule has 4 aromatic rings. The number of hydrogen-bond donors (Lipinski definition) is 1. The predicted molar refractivity (Wildman–Crippen MR) is 104 cm³/mol. The molecule has 1 amide bonds. The number of thiazole rings is 1. The number of nitrogens with one attached hydrogen (secondary N) is 1. The minimum atomic E-state index is -0.377. The molecule has 0 radical (unpaired) electrons. The molecule has 2 heterocycles. The van der Waals surface area contributed by atoms with Gasteiger partial charge in [0.05, 0.1) is 10.2 Å². The van der Waals surface area contributed by atoms with Crippen LogP contribution in [-0.2, 0) is 6.54 Å². The van der Waals surface area contributed by atoms with E-state index in [9.17, 15) is 9.59 Å². The van der Waals surface area contributed by atoms with Crippen molar-refractivity contribution in [2.45, 2.75) is 19.9 Å². The summed E-state index contributed by atoms with van der Waals surface area (Å²) in [5.41, 5.74) is 0.851. The van der Waals surface area contributed by atoms with Gasteiger partial charge in [-0.05, 0) is 23.9 Å². The van der Waals surface area contributed by atoms with Gasteiger partial charge in [0.25, 0.3) is 11.5 Å². The van der Waals surface area contributed by atoms with E-state index in [1.54, 1.807) is 0 Å². The monoisotopic (exact) mass is 364 g/mol. The van der Waals surface area contributed by atoms with Gasteiger partial charge in [-0.25, -0.2) is 9.67 Å². The fourth-order valence-corrected chi connectivity index (χ4v) is 3.70. The van der Waals surface area contributed by atoms with E-state index in [1.807, 2.05) is 43.3 Å². The van der Waals surface area contributed by atoms with Gasteiger partial charge < -0.3 is 0 Å². The van der Waals surface area contributed by atoms with Crippen LogP contribution in [0.4, 0.5) is 5.13 Å². The molecule has 130 valence electrons. The third-order valence-corrected chi connectivity index (χ3v) is 4.97. The molecule has 0 aliphatic carbocycles. The van der Waals surface area contributed by atoms with E-state index in [2.05, 4.69) is 15.4 Å². The second-order valence-corrected chi connectivity index (χ2v) is 6.92. The quantitative estimate of drug-likeness (QED) is 0.599. The van der Waals surface area contributed by atoms with Crippen LogP contribution in [0.3, 0.4) is 0 Å². The van der Waals surface area contributed by atoms with Crippen molar-refractivity contribution in [3.8, 4) is 0 Å². The molecule has 26 heavy (non-hydrogen) atoms.